The zero-order valence-electron chi connectivity index (χ0n) is 5.82. The lowest BCUT2D eigenvalue weighted by Crippen LogP contribution is -2.19. The Hall–Kier alpha value is -1.58. The summed E-state index contributed by atoms with van der Waals surface area (Å²) in [6.45, 7) is 0.309. The fourth-order valence-corrected chi connectivity index (χ4v) is 0.680. The zero-order chi connectivity index (χ0) is 8.10. The van der Waals surface area contributed by atoms with E-state index in [0.29, 0.717) is 6.54 Å². The fourth-order valence-electron chi connectivity index (χ4n) is 0.680. The molecule has 0 aliphatic carbocycles. The monoisotopic (exact) mass is 152 g/mol. The molecule has 0 atom stereocenters. The largest absolute Gasteiger partial charge is 0.465 e. The molecule has 0 unspecified atom stereocenters. The van der Waals surface area contributed by atoms with Crippen LogP contribution in [0.2, 0.25) is 0 Å². The molecule has 11 heavy (non-hydrogen) atoms. The van der Waals surface area contributed by atoms with Crippen molar-refractivity contribution in [2.24, 2.45) is 0 Å². The smallest absolute Gasteiger partial charge is 0.404 e. The van der Waals surface area contributed by atoms with Crippen LogP contribution in [0.25, 0.3) is 0 Å². The highest BCUT2D eigenvalue weighted by atomic mass is 16.4. The molecule has 1 aromatic rings. The molecule has 0 aliphatic rings. The topological polar surface area (TPSA) is 62.2 Å². The van der Waals surface area contributed by atoms with Crippen molar-refractivity contribution < 1.29 is 9.90 Å². The molecule has 1 amide bonds. The second-order valence-electron chi connectivity index (χ2n) is 2.02. The molecule has 58 valence electrons. The Morgan fingerprint density at radius 1 is 1.73 bits per heavy atom. The normalized spacial score (nSPS) is 9.09. The molecule has 0 spiro atoms. The van der Waals surface area contributed by atoms with Crippen LogP contribution < -0.4 is 5.32 Å². The lowest BCUT2D eigenvalue weighted by atomic mass is 10.3. The van der Waals surface area contributed by atoms with Gasteiger partial charge >= 0.3 is 6.09 Å². The molecule has 1 rings (SSSR count). The summed E-state index contributed by atoms with van der Waals surface area (Å²) in [6.07, 6.45) is 2.24. The average Bonchev–Trinajstić information content (AvgIpc) is 2.03. The van der Waals surface area contributed by atoms with E-state index in [4.69, 9.17) is 5.11 Å². The molecule has 0 radical (unpaired) electrons. The summed E-state index contributed by atoms with van der Waals surface area (Å²) in [4.78, 5) is 13.9. The maximum atomic E-state index is 10.0. The van der Waals surface area contributed by atoms with Crippen LogP contribution in [-0.2, 0) is 6.54 Å². The standard InChI is InChI=1S/C7H8N2O2/c10-7(11)9-5-6-2-1-3-8-4-6/h1-4,9H,5H2,(H,10,11). The van der Waals surface area contributed by atoms with Gasteiger partial charge in [-0.05, 0) is 11.6 Å². The number of rotatable bonds is 2. The Morgan fingerprint density at radius 3 is 3.09 bits per heavy atom. The number of hydrogen-bond acceptors (Lipinski definition) is 2. The van der Waals surface area contributed by atoms with Gasteiger partial charge in [-0.2, -0.15) is 0 Å². The van der Waals surface area contributed by atoms with E-state index in [-0.39, 0.29) is 0 Å². The summed E-state index contributed by atoms with van der Waals surface area (Å²) in [5, 5.41) is 10.5. The van der Waals surface area contributed by atoms with Gasteiger partial charge in [0.1, 0.15) is 0 Å². The van der Waals surface area contributed by atoms with E-state index in [1.165, 1.54) is 0 Å². The first-order valence-electron chi connectivity index (χ1n) is 3.15. The van der Waals surface area contributed by atoms with Gasteiger partial charge in [-0.3, -0.25) is 4.98 Å². The number of amides is 1. The van der Waals surface area contributed by atoms with Crippen molar-refractivity contribution in [1.82, 2.24) is 10.3 Å². The molecular weight excluding hydrogens is 144 g/mol. The lowest BCUT2D eigenvalue weighted by molar-refractivity contribution is 0.194. The molecule has 0 fully saturated rings. The Labute approximate surface area is 63.9 Å². The molecule has 1 aromatic heterocycles. The zero-order valence-corrected chi connectivity index (χ0v) is 5.82. The van der Waals surface area contributed by atoms with E-state index in [9.17, 15) is 4.79 Å². The van der Waals surface area contributed by atoms with Crippen molar-refractivity contribution in [3.63, 3.8) is 0 Å². The maximum absolute atomic E-state index is 10.0. The van der Waals surface area contributed by atoms with Gasteiger partial charge in [0, 0.05) is 18.9 Å². The molecule has 2 N–H and O–H groups in total. The van der Waals surface area contributed by atoms with Crippen LogP contribution in [0.3, 0.4) is 0 Å². The van der Waals surface area contributed by atoms with E-state index in [2.05, 4.69) is 10.3 Å². The summed E-state index contributed by atoms with van der Waals surface area (Å²) in [5.41, 5.74) is 0.856. The van der Waals surface area contributed by atoms with Gasteiger partial charge in [0.05, 0.1) is 0 Å². The third kappa shape index (κ3) is 2.66. The molecule has 0 aromatic carbocycles. The van der Waals surface area contributed by atoms with Crippen molar-refractivity contribution >= 4 is 6.09 Å². The number of nitrogens with one attached hydrogen (secondary N) is 1. The highest BCUT2D eigenvalue weighted by Crippen LogP contribution is 1.93. The molecule has 1 heterocycles. The van der Waals surface area contributed by atoms with Gasteiger partial charge in [0.25, 0.3) is 0 Å². The van der Waals surface area contributed by atoms with Gasteiger partial charge in [-0.1, -0.05) is 6.07 Å². The molecule has 4 heteroatoms. The van der Waals surface area contributed by atoms with Crippen LogP contribution in [0.4, 0.5) is 4.79 Å². The number of hydrogen-bond donors (Lipinski definition) is 2. The van der Waals surface area contributed by atoms with Crippen molar-refractivity contribution in [3.8, 4) is 0 Å². The van der Waals surface area contributed by atoms with Gasteiger partial charge in [-0.15, -0.1) is 0 Å². The third-order valence-electron chi connectivity index (χ3n) is 1.17. The van der Waals surface area contributed by atoms with E-state index in [1.54, 1.807) is 18.5 Å². The quantitative estimate of drug-likeness (QED) is 0.660. The van der Waals surface area contributed by atoms with Crippen LogP contribution in [0, 0.1) is 0 Å². The first-order chi connectivity index (χ1) is 5.29. The van der Waals surface area contributed by atoms with Crippen molar-refractivity contribution in [2.75, 3.05) is 0 Å². The number of nitrogens with zero attached hydrogens (tertiary/aromatic N) is 1. The number of carboxylic acid groups (broad SMARTS) is 1. The van der Waals surface area contributed by atoms with Crippen molar-refractivity contribution in [1.29, 1.82) is 0 Å². The van der Waals surface area contributed by atoms with Gasteiger partial charge in [-0.25, -0.2) is 4.79 Å². The van der Waals surface area contributed by atoms with Crippen molar-refractivity contribution in [2.45, 2.75) is 6.54 Å². The summed E-state index contributed by atoms with van der Waals surface area (Å²) in [6, 6.07) is 3.57. The minimum absolute atomic E-state index is 0.309. The molecule has 0 saturated carbocycles. The van der Waals surface area contributed by atoms with Gasteiger partial charge in [0.15, 0.2) is 0 Å². The second kappa shape index (κ2) is 3.55. The number of carbonyl (C=O) groups is 1. The van der Waals surface area contributed by atoms with Crippen LogP contribution in [0.15, 0.2) is 24.5 Å². The van der Waals surface area contributed by atoms with E-state index >= 15 is 0 Å². The van der Waals surface area contributed by atoms with E-state index in [1.807, 2.05) is 6.07 Å². The Balaban J connectivity index is 2.45. The number of pyridine rings is 1. The first-order valence-corrected chi connectivity index (χ1v) is 3.15. The van der Waals surface area contributed by atoms with Crippen LogP contribution in [0.1, 0.15) is 5.56 Å². The van der Waals surface area contributed by atoms with Gasteiger partial charge in [0.2, 0.25) is 0 Å². The van der Waals surface area contributed by atoms with Crippen LogP contribution >= 0.6 is 0 Å². The van der Waals surface area contributed by atoms with E-state index in [0.717, 1.165) is 5.56 Å². The summed E-state index contributed by atoms with van der Waals surface area (Å²) in [5.74, 6) is 0. The second-order valence-corrected chi connectivity index (χ2v) is 2.02. The van der Waals surface area contributed by atoms with Crippen molar-refractivity contribution in [3.05, 3.63) is 30.1 Å². The molecule has 0 aliphatic heterocycles. The molecular formula is C7H8N2O2. The third-order valence-corrected chi connectivity index (χ3v) is 1.17. The first kappa shape index (κ1) is 7.53. The SMILES string of the molecule is O=C(O)NCc1cccnc1. The predicted octanol–water partition coefficient (Wildman–Crippen LogP) is 0.849. The molecule has 0 bridgehead atoms. The Kier molecular flexibility index (Phi) is 2.43. The fraction of sp³-hybridized carbons (Fsp3) is 0.143. The minimum Gasteiger partial charge on any atom is -0.465 e. The Bertz CT molecular complexity index is 235. The summed E-state index contributed by atoms with van der Waals surface area (Å²) < 4.78 is 0. The number of aromatic nitrogens is 1. The minimum atomic E-state index is -1.02. The van der Waals surface area contributed by atoms with E-state index < -0.39 is 6.09 Å². The van der Waals surface area contributed by atoms with Gasteiger partial charge < -0.3 is 10.4 Å². The average molecular weight is 152 g/mol. The summed E-state index contributed by atoms with van der Waals surface area (Å²) in [7, 11) is 0. The lowest BCUT2D eigenvalue weighted by Gasteiger charge is -1.98. The highest BCUT2D eigenvalue weighted by molar-refractivity contribution is 5.64. The molecule has 0 saturated heterocycles. The maximum Gasteiger partial charge on any atom is 0.404 e. The molecule has 4 nitrogen and oxygen atoms in total. The van der Waals surface area contributed by atoms with Crippen LogP contribution in [-0.4, -0.2) is 16.2 Å². The predicted molar refractivity (Wildman–Crippen MR) is 39.1 cm³/mol. The summed E-state index contributed by atoms with van der Waals surface area (Å²) >= 11 is 0. The Morgan fingerprint density at radius 2 is 2.55 bits per heavy atom. The highest BCUT2D eigenvalue weighted by Gasteiger charge is 1.94. The van der Waals surface area contributed by atoms with Crippen LogP contribution in [0.5, 0.6) is 0 Å².